The molecule has 0 radical (unpaired) electrons. The average molecular weight is 322 g/mol. The van der Waals surface area contributed by atoms with Crippen LogP contribution < -0.4 is 16.8 Å². The van der Waals surface area contributed by atoms with Crippen LogP contribution in [-0.4, -0.2) is 25.2 Å². The maximum absolute atomic E-state index is 11.3. The van der Waals surface area contributed by atoms with Crippen LogP contribution in [-0.2, 0) is 0 Å². The minimum atomic E-state index is -0.534. The molecular formula is C19H22N4O. The second-order valence-corrected chi connectivity index (χ2v) is 6.07. The molecule has 1 aliphatic heterocycles. The minimum Gasteiger partial charge on any atom is -0.398 e. The van der Waals surface area contributed by atoms with E-state index in [1.54, 1.807) is 18.3 Å². The van der Waals surface area contributed by atoms with Crippen LogP contribution >= 0.6 is 0 Å². The molecule has 5 nitrogen and oxygen atoms in total. The van der Waals surface area contributed by atoms with Crippen molar-refractivity contribution in [3.63, 3.8) is 0 Å². The molecule has 0 bridgehead atoms. The number of benzene rings is 2. The van der Waals surface area contributed by atoms with Gasteiger partial charge in [-0.2, -0.15) is 0 Å². The molecule has 2 aromatic rings. The highest BCUT2D eigenvalue weighted by molar-refractivity contribution is 6.02. The molecule has 5 N–H and O–H groups in total. The lowest BCUT2D eigenvalue weighted by Gasteiger charge is -2.23. The molecule has 24 heavy (non-hydrogen) atoms. The Labute approximate surface area is 141 Å². The highest BCUT2D eigenvalue weighted by Crippen LogP contribution is 2.25. The van der Waals surface area contributed by atoms with E-state index in [2.05, 4.69) is 22.4 Å². The number of hydrogen-bond acceptors (Lipinski definition) is 4. The fourth-order valence-corrected chi connectivity index (χ4v) is 3.02. The summed E-state index contributed by atoms with van der Waals surface area (Å²) in [4.78, 5) is 15.8. The lowest BCUT2D eigenvalue weighted by atomic mass is 9.92. The van der Waals surface area contributed by atoms with Gasteiger partial charge in [0, 0.05) is 18.3 Å². The van der Waals surface area contributed by atoms with E-state index in [0.717, 1.165) is 18.8 Å². The third-order valence-corrected chi connectivity index (χ3v) is 4.42. The van der Waals surface area contributed by atoms with Crippen molar-refractivity contribution in [2.75, 3.05) is 18.8 Å². The first-order valence-electron chi connectivity index (χ1n) is 8.18. The summed E-state index contributed by atoms with van der Waals surface area (Å²) in [5.41, 5.74) is 14.8. The first-order chi connectivity index (χ1) is 11.6. The number of nitrogen functional groups attached to an aromatic ring is 1. The Morgan fingerprint density at radius 2 is 2.00 bits per heavy atom. The van der Waals surface area contributed by atoms with Crippen molar-refractivity contribution in [2.45, 2.75) is 18.8 Å². The number of primary amides is 1. The normalized spacial score (nSPS) is 17.9. The Morgan fingerprint density at radius 3 is 2.67 bits per heavy atom. The first kappa shape index (κ1) is 16.2. The molecule has 1 heterocycles. The van der Waals surface area contributed by atoms with Crippen LogP contribution in [0, 0.1) is 0 Å². The molecule has 1 saturated heterocycles. The second-order valence-electron chi connectivity index (χ2n) is 6.07. The fourth-order valence-electron chi connectivity index (χ4n) is 3.02. The van der Waals surface area contributed by atoms with Crippen molar-refractivity contribution in [1.29, 1.82) is 0 Å². The number of para-hydroxylation sites is 1. The van der Waals surface area contributed by atoms with Crippen LogP contribution in [0.4, 0.5) is 11.4 Å². The van der Waals surface area contributed by atoms with E-state index >= 15 is 0 Å². The summed E-state index contributed by atoms with van der Waals surface area (Å²) in [7, 11) is 0. The summed E-state index contributed by atoms with van der Waals surface area (Å²) < 4.78 is 0. The van der Waals surface area contributed by atoms with Crippen molar-refractivity contribution >= 4 is 23.5 Å². The number of amides is 1. The second kappa shape index (κ2) is 7.27. The highest BCUT2D eigenvalue weighted by atomic mass is 16.1. The summed E-state index contributed by atoms with van der Waals surface area (Å²) >= 11 is 0. The molecule has 1 aliphatic rings. The van der Waals surface area contributed by atoms with Crippen LogP contribution in [0.2, 0.25) is 0 Å². The molecule has 2 aromatic carbocycles. The molecule has 5 heteroatoms. The molecule has 124 valence electrons. The largest absolute Gasteiger partial charge is 0.398 e. The SMILES string of the molecule is NC(=O)c1cccc(/C=N/c2ccc(C3CCCNC3)cc2)c1N. The number of nitrogens with zero attached hydrogens (tertiary/aromatic N) is 1. The van der Waals surface area contributed by atoms with Crippen molar-refractivity contribution in [3.05, 3.63) is 59.2 Å². The van der Waals surface area contributed by atoms with Gasteiger partial charge in [0.05, 0.1) is 16.9 Å². The van der Waals surface area contributed by atoms with Gasteiger partial charge in [-0.25, -0.2) is 0 Å². The van der Waals surface area contributed by atoms with E-state index in [1.165, 1.54) is 18.4 Å². The predicted molar refractivity (Wildman–Crippen MR) is 97.9 cm³/mol. The van der Waals surface area contributed by atoms with E-state index in [-0.39, 0.29) is 0 Å². The zero-order valence-corrected chi connectivity index (χ0v) is 13.5. The Morgan fingerprint density at radius 1 is 1.21 bits per heavy atom. The maximum Gasteiger partial charge on any atom is 0.250 e. The molecule has 0 aliphatic carbocycles. The third-order valence-electron chi connectivity index (χ3n) is 4.42. The number of nitrogens with two attached hydrogens (primary N) is 2. The number of carbonyl (C=O) groups excluding carboxylic acids is 1. The van der Waals surface area contributed by atoms with E-state index in [4.69, 9.17) is 11.5 Å². The Bertz CT molecular complexity index is 746. The predicted octanol–water partition coefficient (Wildman–Crippen LogP) is 2.59. The quantitative estimate of drug-likeness (QED) is 0.596. The number of aliphatic imine (C=N–C) groups is 1. The van der Waals surface area contributed by atoms with Gasteiger partial charge in [-0.15, -0.1) is 0 Å². The summed E-state index contributed by atoms with van der Waals surface area (Å²) in [6, 6.07) is 13.5. The number of anilines is 1. The van der Waals surface area contributed by atoms with Crippen molar-refractivity contribution in [1.82, 2.24) is 5.32 Å². The van der Waals surface area contributed by atoms with Crippen LogP contribution in [0.5, 0.6) is 0 Å². The van der Waals surface area contributed by atoms with Gasteiger partial charge < -0.3 is 16.8 Å². The van der Waals surface area contributed by atoms with Gasteiger partial charge >= 0.3 is 0 Å². The molecule has 0 saturated carbocycles. The van der Waals surface area contributed by atoms with Gasteiger partial charge in [0.2, 0.25) is 0 Å². The van der Waals surface area contributed by atoms with Gasteiger partial charge in [0.25, 0.3) is 5.91 Å². The van der Waals surface area contributed by atoms with Gasteiger partial charge in [-0.1, -0.05) is 24.3 Å². The molecule has 1 atom stereocenters. The third kappa shape index (κ3) is 3.63. The van der Waals surface area contributed by atoms with E-state index < -0.39 is 5.91 Å². The number of carbonyl (C=O) groups is 1. The molecule has 3 rings (SSSR count). The molecule has 0 spiro atoms. The van der Waals surface area contributed by atoms with Crippen LogP contribution in [0.15, 0.2) is 47.5 Å². The fraction of sp³-hybridized carbons (Fsp3) is 0.263. The topological polar surface area (TPSA) is 93.5 Å². The lowest BCUT2D eigenvalue weighted by Crippen LogP contribution is -2.28. The van der Waals surface area contributed by atoms with Crippen LogP contribution in [0.3, 0.4) is 0 Å². The number of rotatable bonds is 4. The first-order valence-corrected chi connectivity index (χ1v) is 8.18. The number of nitrogens with one attached hydrogen (secondary N) is 1. The van der Waals surface area contributed by atoms with E-state index in [0.29, 0.717) is 22.7 Å². The summed E-state index contributed by atoms with van der Waals surface area (Å²) in [5, 5.41) is 3.43. The summed E-state index contributed by atoms with van der Waals surface area (Å²) in [6.45, 7) is 2.16. The number of piperidine rings is 1. The smallest absolute Gasteiger partial charge is 0.250 e. The van der Waals surface area contributed by atoms with Gasteiger partial charge in [-0.05, 0) is 49.1 Å². The Balaban J connectivity index is 1.75. The van der Waals surface area contributed by atoms with Gasteiger partial charge in [0.15, 0.2) is 0 Å². The molecule has 1 amide bonds. The van der Waals surface area contributed by atoms with Crippen molar-refractivity contribution < 1.29 is 4.79 Å². The zero-order chi connectivity index (χ0) is 16.9. The minimum absolute atomic E-state index is 0.319. The van der Waals surface area contributed by atoms with Crippen LogP contribution in [0.1, 0.15) is 40.2 Å². The van der Waals surface area contributed by atoms with Crippen molar-refractivity contribution in [2.24, 2.45) is 10.7 Å². The molecule has 1 fully saturated rings. The lowest BCUT2D eigenvalue weighted by molar-refractivity contribution is 0.100. The zero-order valence-electron chi connectivity index (χ0n) is 13.5. The molecule has 1 unspecified atom stereocenters. The summed E-state index contributed by atoms with van der Waals surface area (Å²) in [5.74, 6) is 0.0490. The molecule has 0 aromatic heterocycles. The van der Waals surface area contributed by atoms with Gasteiger partial charge in [0.1, 0.15) is 0 Å². The van der Waals surface area contributed by atoms with E-state index in [9.17, 15) is 4.79 Å². The standard InChI is InChI=1S/C19H22N4O/c20-18-15(3-1-5-17(18)19(21)24)12-23-16-8-6-13(7-9-16)14-4-2-10-22-11-14/h1,3,5-9,12,14,22H,2,4,10-11,20H2,(H2,21,24)/b23-12+. The average Bonchev–Trinajstić information content (AvgIpc) is 2.62. The van der Waals surface area contributed by atoms with Crippen molar-refractivity contribution in [3.8, 4) is 0 Å². The maximum atomic E-state index is 11.3. The number of hydrogen-bond donors (Lipinski definition) is 3. The Hall–Kier alpha value is -2.66. The van der Waals surface area contributed by atoms with Gasteiger partial charge in [-0.3, -0.25) is 9.79 Å². The van der Waals surface area contributed by atoms with Crippen LogP contribution in [0.25, 0.3) is 0 Å². The van der Waals surface area contributed by atoms with E-state index in [1.807, 2.05) is 18.2 Å². The monoisotopic (exact) mass is 322 g/mol. The Kier molecular flexibility index (Phi) is 4.91. The molecular weight excluding hydrogens is 300 g/mol. The highest BCUT2D eigenvalue weighted by Gasteiger charge is 2.14. The summed E-state index contributed by atoms with van der Waals surface area (Å²) in [6.07, 6.45) is 4.12.